The maximum absolute atomic E-state index is 12.5. The zero-order chi connectivity index (χ0) is 17.9. The van der Waals surface area contributed by atoms with Gasteiger partial charge in [-0.25, -0.2) is 0 Å². The molecule has 0 spiro atoms. The van der Waals surface area contributed by atoms with Gasteiger partial charge in [0.15, 0.2) is 6.29 Å². The summed E-state index contributed by atoms with van der Waals surface area (Å²) in [5, 5.41) is 3.09. The molecule has 24 heavy (non-hydrogen) atoms. The average molecular weight is 335 g/mol. The van der Waals surface area contributed by atoms with Gasteiger partial charge < -0.3 is 14.8 Å². The Hall–Kier alpha value is -1.39. The van der Waals surface area contributed by atoms with Crippen molar-refractivity contribution in [1.82, 2.24) is 5.32 Å². The van der Waals surface area contributed by atoms with Crippen molar-refractivity contribution < 1.29 is 14.3 Å². The highest BCUT2D eigenvalue weighted by molar-refractivity contribution is 5.76. The maximum Gasteiger partial charge on any atom is 0.220 e. The predicted molar refractivity (Wildman–Crippen MR) is 97.6 cm³/mol. The molecule has 0 fully saturated rings. The van der Waals surface area contributed by atoms with Crippen LogP contribution in [-0.2, 0) is 14.3 Å². The van der Waals surface area contributed by atoms with E-state index in [4.69, 9.17) is 9.47 Å². The fraction of sp³-hybridized carbons (Fsp3) is 0.650. The number of hydrogen-bond donors (Lipinski definition) is 1. The van der Waals surface area contributed by atoms with Crippen LogP contribution in [0.3, 0.4) is 0 Å². The standard InChI is InChI=1S/C20H33NO3/c1-6-23-20(24-7-2)18(13-15(3)4)14-19(22)21-16(5)17-11-9-8-10-12-17/h8-12,15-16,18,20H,6-7,13-14H2,1-5H3,(H,21,22). The van der Waals surface area contributed by atoms with E-state index in [0.29, 0.717) is 25.6 Å². The Morgan fingerprint density at radius 2 is 1.62 bits per heavy atom. The van der Waals surface area contributed by atoms with Crippen LogP contribution < -0.4 is 5.32 Å². The molecule has 1 N–H and O–H groups in total. The molecule has 1 amide bonds. The molecule has 1 aromatic rings. The summed E-state index contributed by atoms with van der Waals surface area (Å²) in [5.74, 6) is 0.590. The molecule has 0 radical (unpaired) electrons. The highest BCUT2D eigenvalue weighted by Crippen LogP contribution is 2.23. The average Bonchev–Trinajstić information content (AvgIpc) is 2.54. The molecule has 4 heteroatoms. The van der Waals surface area contributed by atoms with Crippen molar-refractivity contribution in [3.63, 3.8) is 0 Å². The van der Waals surface area contributed by atoms with Gasteiger partial charge in [0.2, 0.25) is 5.91 Å². The molecule has 0 saturated carbocycles. The molecule has 2 unspecified atom stereocenters. The molecule has 0 aliphatic carbocycles. The minimum Gasteiger partial charge on any atom is -0.353 e. The smallest absolute Gasteiger partial charge is 0.220 e. The van der Waals surface area contributed by atoms with Gasteiger partial charge in [0.05, 0.1) is 6.04 Å². The third-order valence-corrected chi connectivity index (χ3v) is 3.95. The summed E-state index contributed by atoms with van der Waals surface area (Å²) >= 11 is 0. The van der Waals surface area contributed by atoms with Crippen LogP contribution in [0.2, 0.25) is 0 Å². The SMILES string of the molecule is CCOC(OCC)C(CC(=O)NC(C)c1ccccc1)CC(C)C. The minimum absolute atomic E-state index is 0.00367. The van der Waals surface area contributed by atoms with Crippen molar-refractivity contribution in [2.45, 2.75) is 59.8 Å². The monoisotopic (exact) mass is 335 g/mol. The van der Waals surface area contributed by atoms with Gasteiger partial charge in [0, 0.05) is 25.6 Å². The number of amides is 1. The topological polar surface area (TPSA) is 47.6 Å². The van der Waals surface area contributed by atoms with Crippen LogP contribution in [0.25, 0.3) is 0 Å². The zero-order valence-corrected chi connectivity index (χ0v) is 15.7. The number of ether oxygens (including phenoxy) is 2. The lowest BCUT2D eigenvalue weighted by molar-refractivity contribution is -0.173. The first-order valence-electron chi connectivity index (χ1n) is 9.05. The van der Waals surface area contributed by atoms with Crippen molar-refractivity contribution in [2.75, 3.05) is 13.2 Å². The van der Waals surface area contributed by atoms with Crippen LogP contribution in [0.15, 0.2) is 30.3 Å². The van der Waals surface area contributed by atoms with Gasteiger partial charge in [-0.1, -0.05) is 44.2 Å². The second-order valence-electron chi connectivity index (χ2n) is 6.57. The Bertz CT molecular complexity index is 455. The largest absolute Gasteiger partial charge is 0.353 e. The van der Waals surface area contributed by atoms with Gasteiger partial charge in [-0.3, -0.25) is 4.79 Å². The Labute approximate surface area is 146 Å². The van der Waals surface area contributed by atoms with E-state index in [0.717, 1.165) is 12.0 Å². The van der Waals surface area contributed by atoms with Crippen molar-refractivity contribution in [3.05, 3.63) is 35.9 Å². The number of rotatable bonds is 11. The van der Waals surface area contributed by atoms with E-state index in [2.05, 4.69) is 19.2 Å². The van der Waals surface area contributed by atoms with Gasteiger partial charge in [0.25, 0.3) is 0 Å². The molecule has 0 aliphatic rings. The molecule has 1 rings (SSSR count). The van der Waals surface area contributed by atoms with Crippen molar-refractivity contribution in [3.8, 4) is 0 Å². The molecule has 0 saturated heterocycles. The maximum atomic E-state index is 12.5. The predicted octanol–water partition coefficient (Wildman–Crippen LogP) is 4.32. The molecule has 2 atom stereocenters. The molecule has 0 bridgehead atoms. The molecular formula is C20H33NO3. The van der Waals surface area contributed by atoms with Crippen LogP contribution in [0.4, 0.5) is 0 Å². The van der Waals surface area contributed by atoms with Gasteiger partial charge in [0.1, 0.15) is 0 Å². The number of hydrogen-bond acceptors (Lipinski definition) is 3. The van der Waals surface area contributed by atoms with Gasteiger partial charge >= 0.3 is 0 Å². The summed E-state index contributed by atoms with van der Waals surface area (Å²) in [6.07, 6.45) is 0.998. The van der Waals surface area contributed by atoms with Crippen molar-refractivity contribution >= 4 is 5.91 Å². The molecular weight excluding hydrogens is 302 g/mol. The summed E-state index contributed by atoms with van der Waals surface area (Å²) in [6, 6.07) is 10.0. The lowest BCUT2D eigenvalue weighted by Crippen LogP contribution is -2.35. The number of benzene rings is 1. The Morgan fingerprint density at radius 3 is 2.12 bits per heavy atom. The second kappa shape index (κ2) is 11.2. The second-order valence-corrected chi connectivity index (χ2v) is 6.57. The molecule has 4 nitrogen and oxygen atoms in total. The van der Waals surface area contributed by atoms with E-state index in [-0.39, 0.29) is 24.2 Å². The van der Waals surface area contributed by atoms with Gasteiger partial charge in [-0.05, 0) is 38.7 Å². The van der Waals surface area contributed by atoms with Crippen LogP contribution in [0, 0.1) is 11.8 Å². The normalized spacial score (nSPS) is 14.0. The van der Waals surface area contributed by atoms with Gasteiger partial charge in [-0.2, -0.15) is 0 Å². The van der Waals surface area contributed by atoms with E-state index in [1.807, 2.05) is 51.1 Å². The lowest BCUT2D eigenvalue weighted by Gasteiger charge is -2.28. The number of nitrogens with one attached hydrogen (secondary N) is 1. The third-order valence-electron chi connectivity index (χ3n) is 3.95. The summed E-state index contributed by atoms with van der Waals surface area (Å²) < 4.78 is 11.5. The van der Waals surface area contributed by atoms with Crippen LogP contribution in [-0.4, -0.2) is 25.4 Å². The van der Waals surface area contributed by atoms with Crippen molar-refractivity contribution in [1.29, 1.82) is 0 Å². The molecule has 0 aliphatic heterocycles. The summed E-state index contributed by atoms with van der Waals surface area (Å²) in [7, 11) is 0. The first-order chi connectivity index (χ1) is 11.5. The summed E-state index contributed by atoms with van der Waals surface area (Å²) in [4.78, 5) is 12.5. The van der Waals surface area contributed by atoms with E-state index >= 15 is 0 Å². The Kier molecular flexibility index (Phi) is 9.65. The molecule has 1 aromatic carbocycles. The van der Waals surface area contributed by atoms with E-state index in [1.54, 1.807) is 0 Å². The quantitative estimate of drug-likeness (QED) is 0.613. The fourth-order valence-electron chi connectivity index (χ4n) is 2.91. The highest BCUT2D eigenvalue weighted by atomic mass is 16.7. The van der Waals surface area contributed by atoms with E-state index < -0.39 is 0 Å². The van der Waals surface area contributed by atoms with Gasteiger partial charge in [-0.15, -0.1) is 0 Å². The zero-order valence-electron chi connectivity index (χ0n) is 15.7. The Morgan fingerprint density at radius 1 is 1.04 bits per heavy atom. The highest BCUT2D eigenvalue weighted by Gasteiger charge is 2.26. The molecule has 0 heterocycles. The first kappa shape index (κ1) is 20.7. The summed E-state index contributed by atoms with van der Waals surface area (Å²) in [6.45, 7) is 11.4. The first-order valence-corrected chi connectivity index (χ1v) is 9.05. The minimum atomic E-state index is -0.319. The third kappa shape index (κ3) is 7.45. The molecule has 136 valence electrons. The number of carbonyl (C=O) groups excluding carboxylic acids is 1. The van der Waals surface area contributed by atoms with Crippen LogP contribution >= 0.6 is 0 Å². The summed E-state index contributed by atoms with van der Waals surface area (Å²) in [5.41, 5.74) is 1.11. The Balaban J connectivity index is 2.68. The number of carbonyl (C=O) groups is 1. The van der Waals surface area contributed by atoms with Crippen LogP contribution in [0.5, 0.6) is 0 Å². The van der Waals surface area contributed by atoms with E-state index in [1.165, 1.54) is 0 Å². The molecule has 0 aromatic heterocycles. The van der Waals surface area contributed by atoms with Crippen LogP contribution in [0.1, 0.15) is 59.1 Å². The lowest BCUT2D eigenvalue weighted by atomic mass is 9.92. The van der Waals surface area contributed by atoms with E-state index in [9.17, 15) is 4.79 Å². The van der Waals surface area contributed by atoms with Crippen molar-refractivity contribution in [2.24, 2.45) is 11.8 Å². The fourth-order valence-corrected chi connectivity index (χ4v) is 2.91.